The third kappa shape index (κ3) is 5.40. The van der Waals surface area contributed by atoms with Gasteiger partial charge in [0.2, 0.25) is 0 Å². The number of aliphatic carboxylic acids is 1. The predicted molar refractivity (Wildman–Crippen MR) is 93.5 cm³/mol. The summed E-state index contributed by atoms with van der Waals surface area (Å²) < 4.78 is 5.91. The van der Waals surface area contributed by atoms with Gasteiger partial charge in [-0.3, -0.25) is 0 Å². The first-order valence-electron chi connectivity index (χ1n) is 9.01. The van der Waals surface area contributed by atoms with Gasteiger partial charge in [-0.2, -0.15) is 0 Å². The standard InChI is InChI=1S/C20H28O4/c1-2-3-4-5-6-7-9-15-12-13-19-17(15)11-8-10-16(24-19)14-18(21)20(22)23/h7-9,18-19,21H,2-6,11-14H2,1H3,(H,22,23). The molecule has 4 heteroatoms. The Morgan fingerprint density at radius 1 is 1.46 bits per heavy atom. The first kappa shape index (κ1) is 18.6. The fourth-order valence-corrected chi connectivity index (χ4v) is 3.18. The molecular formula is C20H28O4. The van der Waals surface area contributed by atoms with Crippen LogP contribution < -0.4 is 0 Å². The zero-order chi connectivity index (χ0) is 17.4. The lowest BCUT2D eigenvalue weighted by Crippen LogP contribution is -2.21. The second-order valence-electron chi connectivity index (χ2n) is 6.48. The average Bonchev–Trinajstić information content (AvgIpc) is 2.81. The van der Waals surface area contributed by atoms with Crippen LogP contribution in [0.4, 0.5) is 0 Å². The molecule has 0 aromatic carbocycles. The molecule has 132 valence electrons. The van der Waals surface area contributed by atoms with Crippen LogP contribution in [-0.2, 0) is 9.53 Å². The Balaban J connectivity index is 1.90. The van der Waals surface area contributed by atoms with Crippen LogP contribution in [0.15, 0.2) is 40.9 Å². The van der Waals surface area contributed by atoms with Crippen molar-refractivity contribution in [2.45, 2.75) is 76.9 Å². The second kappa shape index (κ2) is 9.51. The second-order valence-corrected chi connectivity index (χ2v) is 6.48. The van der Waals surface area contributed by atoms with Gasteiger partial charge in [0.1, 0.15) is 11.9 Å². The van der Waals surface area contributed by atoms with Crippen molar-refractivity contribution in [3.63, 3.8) is 0 Å². The van der Waals surface area contributed by atoms with E-state index in [1.54, 1.807) is 0 Å². The number of ether oxygens (including phenoxy) is 1. The van der Waals surface area contributed by atoms with Crippen molar-refractivity contribution in [2.24, 2.45) is 0 Å². The molecule has 0 saturated heterocycles. The summed E-state index contributed by atoms with van der Waals surface area (Å²) in [5, 5.41) is 18.3. The molecule has 0 fully saturated rings. The van der Waals surface area contributed by atoms with Crippen molar-refractivity contribution >= 4 is 5.97 Å². The highest BCUT2D eigenvalue weighted by atomic mass is 16.5. The van der Waals surface area contributed by atoms with Crippen LogP contribution in [0.5, 0.6) is 0 Å². The monoisotopic (exact) mass is 332 g/mol. The minimum Gasteiger partial charge on any atom is -0.482 e. The number of aliphatic hydroxyl groups excluding tert-OH is 1. The molecule has 1 aliphatic carbocycles. The summed E-state index contributed by atoms with van der Waals surface area (Å²) in [7, 11) is 0. The van der Waals surface area contributed by atoms with E-state index < -0.39 is 12.1 Å². The molecule has 0 aromatic rings. The molecule has 0 bridgehead atoms. The van der Waals surface area contributed by atoms with Gasteiger partial charge in [0.25, 0.3) is 0 Å². The fourth-order valence-electron chi connectivity index (χ4n) is 3.18. The number of aliphatic hydroxyl groups is 1. The molecule has 4 nitrogen and oxygen atoms in total. The van der Waals surface area contributed by atoms with E-state index in [4.69, 9.17) is 9.84 Å². The zero-order valence-electron chi connectivity index (χ0n) is 14.5. The number of carboxylic acids is 1. The fraction of sp³-hybridized carbons (Fsp3) is 0.600. The quantitative estimate of drug-likeness (QED) is 0.489. The topological polar surface area (TPSA) is 66.8 Å². The van der Waals surface area contributed by atoms with Gasteiger partial charge < -0.3 is 14.9 Å². The Labute approximate surface area is 144 Å². The molecular weight excluding hydrogens is 304 g/mol. The predicted octanol–water partition coefficient (Wildman–Crippen LogP) is 4.27. The minimum absolute atomic E-state index is 0.00742. The van der Waals surface area contributed by atoms with Gasteiger partial charge >= 0.3 is 5.97 Å². The normalized spacial score (nSPS) is 21.4. The van der Waals surface area contributed by atoms with E-state index >= 15 is 0 Å². The molecule has 0 saturated carbocycles. The molecule has 2 aliphatic rings. The number of rotatable bonds is 9. The summed E-state index contributed by atoms with van der Waals surface area (Å²) >= 11 is 0. The summed E-state index contributed by atoms with van der Waals surface area (Å²) in [6, 6.07) is 0. The smallest absolute Gasteiger partial charge is 0.333 e. The Bertz CT molecular complexity index is 564. The number of hydrogen-bond donors (Lipinski definition) is 2. The highest BCUT2D eigenvalue weighted by Gasteiger charge is 2.28. The van der Waals surface area contributed by atoms with Crippen LogP contribution in [0.2, 0.25) is 0 Å². The Hall–Kier alpha value is -1.77. The molecule has 24 heavy (non-hydrogen) atoms. The van der Waals surface area contributed by atoms with Crippen LogP contribution in [-0.4, -0.2) is 28.4 Å². The Morgan fingerprint density at radius 2 is 2.29 bits per heavy atom. The number of unbranched alkanes of at least 4 members (excludes halogenated alkanes) is 4. The third-order valence-corrected chi connectivity index (χ3v) is 4.55. The van der Waals surface area contributed by atoms with Crippen molar-refractivity contribution in [1.29, 1.82) is 0 Å². The first-order valence-corrected chi connectivity index (χ1v) is 9.01. The van der Waals surface area contributed by atoms with Crippen molar-refractivity contribution in [3.8, 4) is 0 Å². The lowest BCUT2D eigenvalue weighted by atomic mass is 10.1. The number of hydrogen-bond acceptors (Lipinski definition) is 3. The lowest BCUT2D eigenvalue weighted by Gasteiger charge is -2.17. The van der Waals surface area contributed by atoms with Crippen LogP contribution >= 0.6 is 0 Å². The largest absolute Gasteiger partial charge is 0.482 e. The highest BCUT2D eigenvalue weighted by molar-refractivity contribution is 5.72. The van der Waals surface area contributed by atoms with Gasteiger partial charge in [0.05, 0.1) is 0 Å². The van der Waals surface area contributed by atoms with Gasteiger partial charge in [0.15, 0.2) is 6.10 Å². The maximum Gasteiger partial charge on any atom is 0.333 e. The molecule has 0 amide bonds. The maximum absolute atomic E-state index is 10.8. The van der Waals surface area contributed by atoms with E-state index in [1.165, 1.54) is 36.8 Å². The van der Waals surface area contributed by atoms with E-state index in [0.29, 0.717) is 5.76 Å². The van der Waals surface area contributed by atoms with E-state index in [2.05, 4.69) is 24.8 Å². The molecule has 2 unspecified atom stereocenters. The Morgan fingerprint density at radius 3 is 3.04 bits per heavy atom. The molecule has 0 aromatic heterocycles. The lowest BCUT2D eigenvalue weighted by molar-refractivity contribution is -0.147. The molecule has 2 atom stereocenters. The Kier molecular flexibility index (Phi) is 7.36. The molecule has 2 rings (SSSR count). The van der Waals surface area contributed by atoms with Crippen LogP contribution in [0, 0.1) is 0 Å². The van der Waals surface area contributed by atoms with Gasteiger partial charge in [0, 0.05) is 6.42 Å². The molecule has 1 aliphatic heterocycles. The zero-order valence-corrected chi connectivity index (χ0v) is 14.5. The van der Waals surface area contributed by atoms with Crippen molar-refractivity contribution in [1.82, 2.24) is 0 Å². The number of carboxylic acid groups (broad SMARTS) is 1. The van der Waals surface area contributed by atoms with Gasteiger partial charge in [-0.25, -0.2) is 4.79 Å². The maximum atomic E-state index is 10.8. The average molecular weight is 332 g/mol. The van der Waals surface area contributed by atoms with Crippen molar-refractivity contribution < 1.29 is 19.7 Å². The van der Waals surface area contributed by atoms with Crippen LogP contribution in [0.3, 0.4) is 0 Å². The molecule has 1 heterocycles. The molecule has 2 N–H and O–H groups in total. The van der Waals surface area contributed by atoms with Gasteiger partial charge in [-0.1, -0.05) is 44.1 Å². The SMILES string of the molecule is CCCCCCC=CC1=C2CC=C=C(CC(O)C(=O)O)OC2CC1. The van der Waals surface area contributed by atoms with Crippen LogP contribution in [0.1, 0.15) is 64.7 Å². The van der Waals surface area contributed by atoms with Crippen molar-refractivity contribution in [2.75, 3.05) is 0 Å². The molecule has 0 spiro atoms. The summed E-state index contributed by atoms with van der Waals surface area (Å²) in [6.45, 7) is 2.22. The summed E-state index contributed by atoms with van der Waals surface area (Å²) in [6.07, 6.45) is 13.8. The third-order valence-electron chi connectivity index (χ3n) is 4.55. The molecule has 0 radical (unpaired) electrons. The summed E-state index contributed by atoms with van der Waals surface area (Å²) in [4.78, 5) is 10.8. The van der Waals surface area contributed by atoms with E-state index in [1.807, 2.05) is 6.08 Å². The number of carbonyl (C=O) groups is 1. The highest BCUT2D eigenvalue weighted by Crippen LogP contribution is 2.35. The first-order chi connectivity index (χ1) is 11.6. The minimum atomic E-state index is -1.43. The van der Waals surface area contributed by atoms with Gasteiger partial charge in [-0.05, 0) is 49.3 Å². The van der Waals surface area contributed by atoms with Gasteiger partial charge in [-0.15, -0.1) is 0 Å². The number of fused-ring (bicyclic) bond motifs is 1. The number of allylic oxidation sites excluding steroid dienone is 3. The van der Waals surface area contributed by atoms with E-state index in [9.17, 15) is 9.90 Å². The summed E-state index contributed by atoms with van der Waals surface area (Å²) in [5.41, 5.74) is 5.61. The van der Waals surface area contributed by atoms with Crippen LogP contribution in [0.25, 0.3) is 0 Å². The summed E-state index contributed by atoms with van der Waals surface area (Å²) in [5.74, 6) is -0.791. The van der Waals surface area contributed by atoms with Crippen molar-refractivity contribution in [3.05, 3.63) is 40.9 Å². The van der Waals surface area contributed by atoms with E-state index in [-0.39, 0.29) is 12.5 Å². The van der Waals surface area contributed by atoms with E-state index in [0.717, 1.165) is 25.7 Å².